The van der Waals surface area contributed by atoms with Crippen molar-refractivity contribution in [3.63, 3.8) is 0 Å². The van der Waals surface area contributed by atoms with E-state index in [1.54, 1.807) is 24.4 Å². The minimum atomic E-state index is -0.296. The number of anilines is 3. The van der Waals surface area contributed by atoms with Crippen molar-refractivity contribution in [3.8, 4) is 0 Å². The van der Waals surface area contributed by atoms with Gasteiger partial charge < -0.3 is 20.9 Å². The summed E-state index contributed by atoms with van der Waals surface area (Å²) in [6, 6.07) is 7.16. The minimum absolute atomic E-state index is 0.00800. The highest BCUT2D eigenvalue weighted by Gasteiger charge is 2.17. The van der Waals surface area contributed by atoms with Gasteiger partial charge >= 0.3 is 0 Å². The van der Waals surface area contributed by atoms with Crippen LogP contribution >= 0.6 is 0 Å². The lowest BCUT2D eigenvalue weighted by molar-refractivity contribution is -0.111. The highest BCUT2D eigenvalue weighted by Crippen LogP contribution is 2.27. The summed E-state index contributed by atoms with van der Waals surface area (Å²) in [5.74, 6) is -0.0155. The summed E-state index contributed by atoms with van der Waals surface area (Å²) in [6.45, 7) is 7.22. The quantitative estimate of drug-likeness (QED) is 0.503. The highest BCUT2D eigenvalue weighted by atomic mass is 16.2. The number of rotatable bonds is 6. The largest absolute Gasteiger partial charge is 0.350 e. The maximum absolute atomic E-state index is 12.5. The van der Waals surface area contributed by atoms with Gasteiger partial charge in [0.15, 0.2) is 0 Å². The molecule has 2 aromatic heterocycles. The standard InChI is InChI=1S/C19H20N6O2/c1-4-15(26)24-12-6-5-7-13(8-12)25-18-16-14(19(27)23-11(2)3)9-20-17(16)21-10-22-18/h4-11H,1H2,2-3H3,(H,23,27)(H,24,26)(H2,20,21,22,25). The summed E-state index contributed by atoms with van der Waals surface area (Å²) >= 11 is 0. The van der Waals surface area contributed by atoms with Crippen molar-refractivity contribution >= 4 is 40.0 Å². The predicted molar refractivity (Wildman–Crippen MR) is 105 cm³/mol. The van der Waals surface area contributed by atoms with Gasteiger partial charge in [0.05, 0.1) is 10.9 Å². The van der Waals surface area contributed by atoms with Crippen LogP contribution in [0, 0.1) is 0 Å². The molecule has 0 fully saturated rings. The van der Waals surface area contributed by atoms with Crippen molar-refractivity contribution in [1.29, 1.82) is 0 Å². The molecule has 8 nitrogen and oxygen atoms in total. The summed E-state index contributed by atoms with van der Waals surface area (Å²) in [6.07, 6.45) is 4.23. The van der Waals surface area contributed by atoms with E-state index >= 15 is 0 Å². The molecular weight excluding hydrogens is 344 g/mol. The van der Waals surface area contributed by atoms with Crippen molar-refractivity contribution in [2.75, 3.05) is 10.6 Å². The van der Waals surface area contributed by atoms with E-state index in [9.17, 15) is 9.59 Å². The van der Waals surface area contributed by atoms with Gasteiger partial charge in [-0.3, -0.25) is 9.59 Å². The molecule has 0 saturated heterocycles. The van der Waals surface area contributed by atoms with Crippen LogP contribution in [0.2, 0.25) is 0 Å². The Kier molecular flexibility index (Phi) is 5.16. The molecule has 0 radical (unpaired) electrons. The minimum Gasteiger partial charge on any atom is -0.350 e. The molecule has 8 heteroatoms. The average molecular weight is 364 g/mol. The first-order valence-electron chi connectivity index (χ1n) is 8.41. The SMILES string of the molecule is C=CC(=O)Nc1cccc(Nc2ncnc3[nH]cc(C(=O)NC(C)C)c23)c1. The van der Waals surface area contributed by atoms with Gasteiger partial charge in [0.2, 0.25) is 5.91 Å². The number of aromatic nitrogens is 3. The Morgan fingerprint density at radius 3 is 2.74 bits per heavy atom. The third-order valence-electron chi connectivity index (χ3n) is 3.71. The first-order chi connectivity index (χ1) is 13.0. The van der Waals surface area contributed by atoms with Crippen LogP contribution in [0.25, 0.3) is 11.0 Å². The molecule has 3 rings (SSSR count). The molecule has 138 valence electrons. The molecule has 0 spiro atoms. The number of H-pyrrole nitrogens is 1. The monoisotopic (exact) mass is 364 g/mol. The van der Waals surface area contributed by atoms with Gasteiger partial charge in [-0.25, -0.2) is 9.97 Å². The molecule has 2 heterocycles. The van der Waals surface area contributed by atoms with Crippen LogP contribution in [0.15, 0.2) is 49.4 Å². The zero-order valence-electron chi connectivity index (χ0n) is 15.0. The van der Waals surface area contributed by atoms with Gasteiger partial charge in [0.1, 0.15) is 17.8 Å². The lowest BCUT2D eigenvalue weighted by Crippen LogP contribution is -2.29. The fourth-order valence-electron chi connectivity index (χ4n) is 2.58. The van der Waals surface area contributed by atoms with Crippen LogP contribution < -0.4 is 16.0 Å². The average Bonchev–Trinajstić information content (AvgIpc) is 3.07. The number of amides is 2. The van der Waals surface area contributed by atoms with E-state index in [-0.39, 0.29) is 17.9 Å². The first kappa shape index (κ1) is 18.1. The van der Waals surface area contributed by atoms with Gasteiger partial charge in [-0.1, -0.05) is 12.6 Å². The molecule has 2 amide bonds. The zero-order chi connectivity index (χ0) is 19.4. The number of hydrogen-bond donors (Lipinski definition) is 4. The first-order valence-corrected chi connectivity index (χ1v) is 8.41. The number of carbonyl (C=O) groups is 2. The molecule has 27 heavy (non-hydrogen) atoms. The summed E-state index contributed by atoms with van der Waals surface area (Å²) in [5.41, 5.74) is 2.32. The number of hydrogen-bond acceptors (Lipinski definition) is 5. The smallest absolute Gasteiger partial charge is 0.253 e. The summed E-state index contributed by atoms with van der Waals surface area (Å²) in [5, 5.41) is 9.35. The van der Waals surface area contributed by atoms with Crippen LogP contribution in [0.3, 0.4) is 0 Å². The molecule has 0 saturated carbocycles. The molecule has 1 aromatic carbocycles. The molecule has 0 aliphatic rings. The number of benzene rings is 1. The van der Waals surface area contributed by atoms with Crippen molar-refractivity contribution < 1.29 is 9.59 Å². The van der Waals surface area contributed by atoms with E-state index in [1.807, 2.05) is 19.9 Å². The number of carbonyl (C=O) groups excluding carboxylic acids is 2. The summed E-state index contributed by atoms with van der Waals surface area (Å²) in [4.78, 5) is 35.4. The number of fused-ring (bicyclic) bond motifs is 1. The van der Waals surface area contributed by atoms with E-state index in [4.69, 9.17) is 0 Å². The van der Waals surface area contributed by atoms with E-state index in [0.29, 0.717) is 33.8 Å². The van der Waals surface area contributed by atoms with E-state index in [1.165, 1.54) is 12.4 Å². The maximum Gasteiger partial charge on any atom is 0.253 e. The second kappa shape index (κ2) is 7.69. The van der Waals surface area contributed by atoms with Gasteiger partial charge in [-0.2, -0.15) is 0 Å². The molecule has 0 atom stereocenters. The number of nitrogens with zero attached hydrogens (tertiary/aromatic N) is 2. The molecule has 0 bridgehead atoms. The predicted octanol–water partition coefficient (Wildman–Crippen LogP) is 2.96. The van der Waals surface area contributed by atoms with Crippen molar-refractivity contribution in [3.05, 3.63) is 55.0 Å². The van der Waals surface area contributed by atoms with E-state index in [0.717, 1.165) is 0 Å². The molecule has 0 aliphatic heterocycles. The number of nitrogens with one attached hydrogen (secondary N) is 4. The Bertz CT molecular complexity index is 1010. The van der Waals surface area contributed by atoms with Crippen LogP contribution in [-0.2, 0) is 4.79 Å². The topological polar surface area (TPSA) is 112 Å². The van der Waals surface area contributed by atoms with E-state index in [2.05, 4.69) is 37.5 Å². The Morgan fingerprint density at radius 2 is 2.00 bits per heavy atom. The maximum atomic E-state index is 12.5. The highest BCUT2D eigenvalue weighted by molar-refractivity contribution is 6.10. The van der Waals surface area contributed by atoms with Crippen LogP contribution in [-0.4, -0.2) is 32.8 Å². The summed E-state index contributed by atoms with van der Waals surface area (Å²) < 4.78 is 0. The van der Waals surface area contributed by atoms with Crippen molar-refractivity contribution in [2.24, 2.45) is 0 Å². The van der Waals surface area contributed by atoms with Crippen molar-refractivity contribution in [1.82, 2.24) is 20.3 Å². The molecule has 0 aliphatic carbocycles. The lowest BCUT2D eigenvalue weighted by Gasteiger charge is -2.11. The van der Waals surface area contributed by atoms with Gasteiger partial charge in [-0.05, 0) is 38.1 Å². The fraction of sp³-hybridized carbons (Fsp3) is 0.158. The van der Waals surface area contributed by atoms with Gasteiger partial charge in [-0.15, -0.1) is 0 Å². The molecule has 0 unspecified atom stereocenters. The Balaban J connectivity index is 1.94. The number of aromatic amines is 1. The third kappa shape index (κ3) is 4.12. The fourth-order valence-corrected chi connectivity index (χ4v) is 2.58. The van der Waals surface area contributed by atoms with Gasteiger partial charge in [0.25, 0.3) is 5.91 Å². The third-order valence-corrected chi connectivity index (χ3v) is 3.71. The van der Waals surface area contributed by atoms with Crippen LogP contribution in [0.1, 0.15) is 24.2 Å². The lowest BCUT2D eigenvalue weighted by atomic mass is 10.2. The zero-order valence-corrected chi connectivity index (χ0v) is 15.0. The Hall–Kier alpha value is -3.68. The summed E-state index contributed by atoms with van der Waals surface area (Å²) in [7, 11) is 0. The van der Waals surface area contributed by atoms with Crippen molar-refractivity contribution in [2.45, 2.75) is 19.9 Å². The normalized spacial score (nSPS) is 10.6. The van der Waals surface area contributed by atoms with Crippen LogP contribution in [0.4, 0.5) is 17.2 Å². The van der Waals surface area contributed by atoms with E-state index < -0.39 is 0 Å². The molecule has 4 N–H and O–H groups in total. The van der Waals surface area contributed by atoms with Gasteiger partial charge in [0, 0.05) is 23.6 Å². The Labute approximate surface area is 156 Å². The second-order valence-corrected chi connectivity index (χ2v) is 6.18. The molecular formula is C19H20N6O2. The van der Waals surface area contributed by atoms with Crippen LogP contribution in [0.5, 0.6) is 0 Å². The molecule has 3 aromatic rings. The Morgan fingerprint density at radius 1 is 1.22 bits per heavy atom. The second-order valence-electron chi connectivity index (χ2n) is 6.18.